The number of benzene rings is 2. The number of amides is 1. The van der Waals surface area contributed by atoms with E-state index in [9.17, 15) is 18.0 Å². The number of anilines is 1. The molecule has 2 rings (SSSR count). The summed E-state index contributed by atoms with van der Waals surface area (Å²) in [7, 11) is -2.36. The Bertz CT molecular complexity index is 871. The second kappa shape index (κ2) is 8.62. The van der Waals surface area contributed by atoms with E-state index in [1.165, 1.54) is 31.4 Å². The number of sulfone groups is 1. The molecule has 0 radical (unpaired) electrons. The predicted octanol–water partition coefficient (Wildman–Crippen LogP) is 2.59. The molecule has 0 heterocycles. The van der Waals surface area contributed by atoms with E-state index in [0.29, 0.717) is 16.8 Å². The van der Waals surface area contributed by atoms with Crippen LogP contribution in [-0.2, 0) is 31.5 Å². The van der Waals surface area contributed by atoms with E-state index in [2.05, 4.69) is 10.1 Å². The van der Waals surface area contributed by atoms with Crippen molar-refractivity contribution < 1.29 is 22.7 Å². The zero-order valence-electron chi connectivity index (χ0n) is 14.7. The molecule has 0 aliphatic carbocycles. The van der Waals surface area contributed by atoms with Crippen molar-refractivity contribution in [1.29, 1.82) is 0 Å². The Hall–Kier alpha value is -2.67. The molecule has 0 spiro atoms. The zero-order chi connectivity index (χ0) is 19.2. The molecule has 0 aliphatic heterocycles. The summed E-state index contributed by atoms with van der Waals surface area (Å²) in [6.45, 7) is 2.03. The molecule has 0 unspecified atom stereocenters. The Kier molecular flexibility index (Phi) is 6.52. The SMILES string of the molecule is CCc1ccc(NC(=O)CS(=O)(=O)Cc2ccc(C(=O)OC)cc2)cc1. The summed E-state index contributed by atoms with van der Waals surface area (Å²) in [5.41, 5.74) is 2.52. The summed E-state index contributed by atoms with van der Waals surface area (Å²) < 4.78 is 29.0. The van der Waals surface area contributed by atoms with Crippen LogP contribution in [0.4, 0.5) is 5.69 Å². The zero-order valence-corrected chi connectivity index (χ0v) is 15.5. The summed E-state index contributed by atoms with van der Waals surface area (Å²) in [5.74, 6) is -1.97. The Morgan fingerprint density at radius 2 is 1.54 bits per heavy atom. The maximum atomic E-state index is 12.2. The molecule has 7 heteroatoms. The van der Waals surface area contributed by atoms with Gasteiger partial charge in [0, 0.05) is 5.69 Å². The molecule has 0 saturated carbocycles. The lowest BCUT2D eigenvalue weighted by atomic mass is 10.1. The van der Waals surface area contributed by atoms with Gasteiger partial charge in [0.15, 0.2) is 9.84 Å². The summed E-state index contributed by atoms with van der Waals surface area (Å²) in [5, 5.41) is 2.59. The van der Waals surface area contributed by atoms with Crippen LogP contribution >= 0.6 is 0 Å². The summed E-state index contributed by atoms with van der Waals surface area (Å²) in [6.07, 6.45) is 0.886. The van der Waals surface area contributed by atoms with Gasteiger partial charge in [-0.3, -0.25) is 4.79 Å². The maximum Gasteiger partial charge on any atom is 0.337 e. The largest absolute Gasteiger partial charge is 0.465 e. The van der Waals surface area contributed by atoms with E-state index < -0.39 is 27.5 Å². The molecule has 0 bridgehead atoms. The van der Waals surface area contributed by atoms with Gasteiger partial charge in [-0.25, -0.2) is 13.2 Å². The number of hydrogen-bond acceptors (Lipinski definition) is 5. The van der Waals surface area contributed by atoms with E-state index in [4.69, 9.17) is 0 Å². The van der Waals surface area contributed by atoms with Gasteiger partial charge in [-0.2, -0.15) is 0 Å². The van der Waals surface area contributed by atoms with Crippen molar-refractivity contribution >= 4 is 27.4 Å². The second-order valence-corrected chi connectivity index (χ2v) is 7.88. The van der Waals surface area contributed by atoms with Gasteiger partial charge >= 0.3 is 5.97 Å². The van der Waals surface area contributed by atoms with Crippen LogP contribution in [0.2, 0.25) is 0 Å². The third-order valence-electron chi connectivity index (χ3n) is 3.76. The first-order chi connectivity index (χ1) is 12.3. The highest BCUT2D eigenvalue weighted by Gasteiger charge is 2.18. The predicted molar refractivity (Wildman–Crippen MR) is 99.7 cm³/mol. The summed E-state index contributed by atoms with van der Waals surface area (Å²) in [6, 6.07) is 13.3. The van der Waals surface area contributed by atoms with Crippen molar-refractivity contribution in [3.63, 3.8) is 0 Å². The fraction of sp³-hybridized carbons (Fsp3) is 0.263. The second-order valence-electron chi connectivity index (χ2n) is 5.82. The van der Waals surface area contributed by atoms with Crippen molar-refractivity contribution in [1.82, 2.24) is 0 Å². The highest BCUT2D eigenvalue weighted by atomic mass is 32.2. The molecule has 0 fully saturated rings. The molecule has 0 saturated heterocycles. The van der Waals surface area contributed by atoms with Gasteiger partial charge in [-0.1, -0.05) is 31.2 Å². The maximum absolute atomic E-state index is 12.2. The summed E-state index contributed by atoms with van der Waals surface area (Å²) >= 11 is 0. The average molecular weight is 375 g/mol. The first kappa shape index (κ1) is 19.7. The molecule has 2 aromatic carbocycles. The first-order valence-electron chi connectivity index (χ1n) is 8.09. The van der Waals surface area contributed by atoms with E-state index in [1.807, 2.05) is 19.1 Å². The average Bonchev–Trinajstić information content (AvgIpc) is 2.61. The minimum absolute atomic E-state index is 0.281. The molecule has 0 aliphatic rings. The number of carbonyl (C=O) groups is 2. The Balaban J connectivity index is 1.96. The van der Waals surface area contributed by atoms with Crippen LogP contribution in [0.15, 0.2) is 48.5 Å². The monoisotopic (exact) mass is 375 g/mol. The van der Waals surface area contributed by atoms with Crippen LogP contribution < -0.4 is 5.32 Å². The molecular weight excluding hydrogens is 354 g/mol. The summed E-state index contributed by atoms with van der Waals surface area (Å²) in [4.78, 5) is 23.4. The molecule has 0 aromatic heterocycles. The van der Waals surface area contributed by atoms with E-state index >= 15 is 0 Å². The van der Waals surface area contributed by atoms with Gasteiger partial charge < -0.3 is 10.1 Å². The molecule has 26 heavy (non-hydrogen) atoms. The van der Waals surface area contributed by atoms with Crippen molar-refractivity contribution in [2.75, 3.05) is 18.2 Å². The molecule has 6 nitrogen and oxygen atoms in total. The lowest BCUT2D eigenvalue weighted by molar-refractivity contribution is -0.113. The van der Waals surface area contributed by atoms with E-state index in [0.717, 1.165) is 12.0 Å². The highest BCUT2D eigenvalue weighted by Crippen LogP contribution is 2.12. The standard InChI is InChI=1S/C19H21NO5S/c1-3-14-6-10-17(11-7-14)20-18(21)13-26(23,24)12-15-4-8-16(9-5-15)19(22)25-2/h4-11H,3,12-13H2,1-2H3,(H,20,21). The number of ether oxygens (including phenoxy) is 1. The molecule has 1 N–H and O–H groups in total. The van der Waals surface area contributed by atoms with E-state index in [-0.39, 0.29) is 5.75 Å². The topological polar surface area (TPSA) is 89.5 Å². The van der Waals surface area contributed by atoms with Gasteiger partial charge in [-0.05, 0) is 41.8 Å². The van der Waals surface area contributed by atoms with Gasteiger partial charge in [0.1, 0.15) is 5.75 Å². The molecule has 1 amide bonds. The first-order valence-corrected chi connectivity index (χ1v) is 9.91. The van der Waals surface area contributed by atoms with Crippen LogP contribution in [0.1, 0.15) is 28.4 Å². The number of nitrogens with one attached hydrogen (secondary N) is 1. The third-order valence-corrected chi connectivity index (χ3v) is 5.23. The van der Waals surface area contributed by atoms with Crippen molar-refractivity contribution in [2.24, 2.45) is 0 Å². The van der Waals surface area contributed by atoms with Crippen LogP contribution in [0, 0.1) is 0 Å². The number of esters is 1. The smallest absolute Gasteiger partial charge is 0.337 e. The highest BCUT2D eigenvalue weighted by molar-refractivity contribution is 7.91. The normalized spacial score (nSPS) is 11.0. The van der Waals surface area contributed by atoms with Crippen molar-refractivity contribution in [3.05, 3.63) is 65.2 Å². The fourth-order valence-corrected chi connectivity index (χ4v) is 3.65. The number of aryl methyl sites for hydroxylation is 1. The Morgan fingerprint density at radius 1 is 0.962 bits per heavy atom. The van der Waals surface area contributed by atoms with Gasteiger partial charge in [0.2, 0.25) is 5.91 Å². The Labute approximate surface area is 153 Å². The van der Waals surface area contributed by atoms with Gasteiger partial charge in [0.05, 0.1) is 18.4 Å². The van der Waals surface area contributed by atoms with Crippen molar-refractivity contribution in [2.45, 2.75) is 19.1 Å². The van der Waals surface area contributed by atoms with Gasteiger partial charge in [0.25, 0.3) is 0 Å². The minimum atomic E-state index is -3.63. The molecule has 138 valence electrons. The quantitative estimate of drug-likeness (QED) is 0.752. The third kappa shape index (κ3) is 5.70. The fourth-order valence-electron chi connectivity index (χ4n) is 2.38. The van der Waals surface area contributed by atoms with Gasteiger partial charge in [-0.15, -0.1) is 0 Å². The molecule has 0 atom stereocenters. The van der Waals surface area contributed by atoms with Crippen LogP contribution in [0.25, 0.3) is 0 Å². The number of carbonyl (C=O) groups excluding carboxylic acids is 2. The minimum Gasteiger partial charge on any atom is -0.465 e. The Morgan fingerprint density at radius 3 is 2.08 bits per heavy atom. The number of hydrogen-bond donors (Lipinski definition) is 1. The van der Waals surface area contributed by atoms with Crippen LogP contribution in [0.5, 0.6) is 0 Å². The molecule has 2 aromatic rings. The number of rotatable bonds is 7. The van der Waals surface area contributed by atoms with Crippen LogP contribution in [-0.4, -0.2) is 33.2 Å². The van der Waals surface area contributed by atoms with E-state index in [1.54, 1.807) is 12.1 Å². The molecular formula is C19H21NO5S. The lowest BCUT2D eigenvalue weighted by Gasteiger charge is -2.08. The lowest BCUT2D eigenvalue weighted by Crippen LogP contribution is -2.24. The van der Waals surface area contributed by atoms with Crippen molar-refractivity contribution in [3.8, 4) is 0 Å². The van der Waals surface area contributed by atoms with Crippen LogP contribution in [0.3, 0.4) is 0 Å². The number of methoxy groups -OCH3 is 1.